The fourth-order valence-electron chi connectivity index (χ4n) is 1.93. The Hall–Kier alpha value is -0.880. The highest BCUT2D eigenvalue weighted by molar-refractivity contribution is 6.04. The second kappa shape index (κ2) is 3.89. The lowest BCUT2D eigenvalue weighted by atomic mass is 9.74. The van der Waals surface area contributed by atoms with Gasteiger partial charge in [-0.25, -0.2) is 4.79 Å². The topological polar surface area (TPSA) is 34.1 Å². The summed E-state index contributed by atoms with van der Waals surface area (Å²) in [5.41, 5.74) is 0.380. The quantitative estimate of drug-likeness (QED) is 0.457. The second-order valence-corrected chi connectivity index (χ2v) is 4.21. The molecule has 1 aliphatic rings. The molecular formula is C11H16O2. The first-order chi connectivity index (χ1) is 6.07. The number of rotatable bonds is 1. The van der Waals surface area contributed by atoms with Gasteiger partial charge < -0.3 is 0 Å². The second-order valence-electron chi connectivity index (χ2n) is 4.21. The van der Waals surface area contributed by atoms with E-state index in [1.54, 1.807) is 5.94 Å². The van der Waals surface area contributed by atoms with Crippen LogP contribution in [-0.4, -0.2) is 11.7 Å². The van der Waals surface area contributed by atoms with Gasteiger partial charge in [0.1, 0.15) is 5.94 Å². The van der Waals surface area contributed by atoms with Gasteiger partial charge in [0.15, 0.2) is 5.78 Å². The van der Waals surface area contributed by atoms with Crippen LogP contribution in [0.1, 0.15) is 33.6 Å². The molecule has 0 spiro atoms. The normalized spacial score (nSPS) is 29.2. The number of ketones is 1. The number of allylic oxidation sites excluding steroid dienone is 1. The zero-order valence-corrected chi connectivity index (χ0v) is 8.46. The first-order valence-electron chi connectivity index (χ1n) is 4.87. The van der Waals surface area contributed by atoms with Crippen LogP contribution in [0.15, 0.2) is 5.57 Å². The van der Waals surface area contributed by atoms with E-state index in [0.717, 1.165) is 12.8 Å². The predicted molar refractivity (Wildman–Crippen MR) is 50.9 cm³/mol. The molecule has 0 radical (unpaired) electrons. The Bertz CT molecular complexity index is 259. The van der Waals surface area contributed by atoms with Crippen molar-refractivity contribution in [3.63, 3.8) is 0 Å². The van der Waals surface area contributed by atoms with Crippen LogP contribution < -0.4 is 0 Å². The molecule has 1 fully saturated rings. The summed E-state index contributed by atoms with van der Waals surface area (Å²) in [4.78, 5) is 22.3. The summed E-state index contributed by atoms with van der Waals surface area (Å²) in [6, 6.07) is 0. The average Bonchev–Trinajstić information content (AvgIpc) is 2.04. The van der Waals surface area contributed by atoms with Crippen molar-refractivity contribution < 1.29 is 9.59 Å². The molecule has 2 heteroatoms. The SMILES string of the molecule is CC1CCC(C(C)C)C(=O)C1=C=O. The molecule has 72 valence electrons. The molecule has 1 rings (SSSR count). The van der Waals surface area contributed by atoms with Gasteiger partial charge in [-0.3, -0.25) is 4.79 Å². The molecule has 1 saturated carbocycles. The maximum Gasteiger partial charge on any atom is 0.173 e. The van der Waals surface area contributed by atoms with Crippen molar-refractivity contribution in [2.45, 2.75) is 33.6 Å². The summed E-state index contributed by atoms with van der Waals surface area (Å²) < 4.78 is 0. The Morgan fingerprint density at radius 2 is 2.00 bits per heavy atom. The van der Waals surface area contributed by atoms with Crippen molar-refractivity contribution in [1.82, 2.24) is 0 Å². The molecule has 0 aromatic rings. The lowest BCUT2D eigenvalue weighted by Crippen LogP contribution is -2.30. The van der Waals surface area contributed by atoms with E-state index < -0.39 is 0 Å². The number of hydrogen-bond acceptors (Lipinski definition) is 2. The Labute approximate surface area is 79.0 Å². The summed E-state index contributed by atoms with van der Waals surface area (Å²) in [6.07, 6.45) is 1.86. The Morgan fingerprint density at radius 1 is 1.38 bits per heavy atom. The lowest BCUT2D eigenvalue weighted by Gasteiger charge is -2.27. The third-order valence-corrected chi connectivity index (χ3v) is 2.92. The van der Waals surface area contributed by atoms with E-state index >= 15 is 0 Å². The highest BCUT2D eigenvalue weighted by Gasteiger charge is 2.33. The lowest BCUT2D eigenvalue weighted by molar-refractivity contribution is -0.122. The van der Waals surface area contributed by atoms with Gasteiger partial charge in [-0.15, -0.1) is 0 Å². The van der Waals surface area contributed by atoms with Crippen molar-refractivity contribution >= 4 is 11.7 Å². The van der Waals surface area contributed by atoms with Crippen molar-refractivity contribution in [3.05, 3.63) is 5.57 Å². The molecule has 0 aromatic carbocycles. The van der Waals surface area contributed by atoms with Gasteiger partial charge >= 0.3 is 0 Å². The van der Waals surface area contributed by atoms with Crippen LogP contribution in [0.2, 0.25) is 0 Å². The fraction of sp³-hybridized carbons (Fsp3) is 0.727. The number of hydrogen-bond donors (Lipinski definition) is 0. The molecule has 2 unspecified atom stereocenters. The van der Waals surface area contributed by atoms with Gasteiger partial charge in [-0.1, -0.05) is 20.8 Å². The minimum absolute atomic E-state index is 0.0313. The van der Waals surface area contributed by atoms with E-state index in [9.17, 15) is 9.59 Å². The molecule has 0 N–H and O–H groups in total. The first kappa shape index (κ1) is 10.2. The molecule has 2 nitrogen and oxygen atoms in total. The maximum atomic E-state index is 11.7. The van der Waals surface area contributed by atoms with Crippen molar-refractivity contribution in [1.29, 1.82) is 0 Å². The van der Waals surface area contributed by atoms with E-state index in [1.165, 1.54) is 0 Å². The molecular weight excluding hydrogens is 164 g/mol. The third kappa shape index (κ3) is 1.89. The summed E-state index contributed by atoms with van der Waals surface area (Å²) in [5.74, 6) is 2.33. The van der Waals surface area contributed by atoms with E-state index in [2.05, 4.69) is 0 Å². The maximum absolute atomic E-state index is 11.7. The zero-order chi connectivity index (χ0) is 10.0. The number of Topliss-reactive ketones (excluding diaryl/α,β-unsaturated/α-hetero) is 1. The molecule has 0 aromatic heterocycles. The Balaban J connectivity index is 2.88. The average molecular weight is 180 g/mol. The highest BCUT2D eigenvalue weighted by atomic mass is 16.1. The highest BCUT2D eigenvalue weighted by Crippen LogP contribution is 2.32. The minimum atomic E-state index is 0.0313. The van der Waals surface area contributed by atoms with Gasteiger partial charge in [0.2, 0.25) is 0 Å². The third-order valence-electron chi connectivity index (χ3n) is 2.92. The van der Waals surface area contributed by atoms with Crippen LogP contribution in [0.5, 0.6) is 0 Å². The molecule has 0 aliphatic heterocycles. The summed E-state index contributed by atoms with van der Waals surface area (Å²) >= 11 is 0. The smallest absolute Gasteiger partial charge is 0.173 e. The van der Waals surface area contributed by atoms with Gasteiger partial charge in [-0.2, -0.15) is 0 Å². The van der Waals surface area contributed by atoms with Crippen molar-refractivity contribution in [2.24, 2.45) is 17.8 Å². The van der Waals surface area contributed by atoms with Crippen LogP contribution in [0.4, 0.5) is 0 Å². The van der Waals surface area contributed by atoms with Gasteiger partial charge in [0.25, 0.3) is 0 Å². The van der Waals surface area contributed by atoms with Crippen LogP contribution >= 0.6 is 0 Å². The summed E-state index contributed by atoms with van der Waals surface area (Å²) in [5, 5.41) is 0. The van der Waals surface area contributed by atoms with E-state index in [0.29, 0.717) is 11.5 Å². The monoisotopic (exact) mass is 180 g/mol. The van der Waals surface area contributed by atoms with Crippen LogP contribution in [0.3, 0.4) is 0 Å². The molecule has 2 atom stereocenters. The van der Waals surface area contributed by atoms with E-state index in [1.807, 2.05) is 20.8 Å². The predicted octanol–water partition coefficient (Wildman–Crippen LogP) is 2.02. The zero-order valence-electron chi connectivity index (χ0n) is 8.46. The Morgan fingerprint density at radius 3 is 2.46 bits per heavy atom. The molecule has 0 amide bonds. The van der Waals surface area contributed by atoms with E-state index in [-0.39, 0.29) is 17.6 Å². The largest absolute Gasteiger partial charge is 0.293 e. The summed E-state index contributed by atoms with van der Waals surface area (Å²) in [7, 11) is 0. The first-order valence-corrected chi connectivity index (χ1v) is 4.87. The minimum Gasteiger partial charge on any atom is -0.293 e. The number of carbonyl (C=O) groups is 1. The van der Waals surface area contributed by atoms with Crippen LogP contribution in [0, 0.1) is 17.8 Å². The molecule has 0 heterocycles. The fourth-order valence-corrected chi connectivity index (χ4v) is 1.93. The molecule has 1 aliphatic carbocycles. The van der Waals surface area contributed by atoms with Crippen LogP contribution in [-0.2, 0) is 9.59 Å². The van der Waals surface area contributed by atoms with Crippen molar-refractivity contribution in [3.8, 4) is 0 Å². The van der Waals surface area contributed by atoms with E-state index in [4.69, 9.17) is 0 Å². The number of carbonyl (C=O) groups excluding carboxylic acids is 2. The van der Waals surface area contributed by atoms with Crippen LogP contribution in [0.25, 0.3) is 0 Å². The van der Waals surface area contributed by atoms with Gasteiger partial charge in [0.05, 0.1) is 5.57 Å². The molecule has 13 heavy (non-hydrogen) atoms. The van der Waals surface area contributed by atoms with Gasteiger partial charge in [0, 0.05) is 5.92 Å². The summed E-state index contributed by atoms with van der Waals surface area (Å²) in [6.45, 7) is 5.98. The standard InChI is InChI=1S/C11H16O2/c1-7(2)9-5-4-8(3)10(6-12)11(9)13/h7-9H,4-5H2,1-3H3. The molecule has 0 bridgehead atoms. The van der Waals surface area contributed by atoms with Gasteiger partial charge in [-0.05, 0) is 24.7 Å². The van der Waals surface area contributed by atoms with Crippen molar-refractivity contribution in [2.75, 3.05) is 0 Å². The Kier molecular flexibility index (Phi) is 3.05. The molecule has 0 saturated heterocycles.